The largest absolute Gasteiger partial charge is 0.338 e. The first-order valence-corrected chi connectivity index (χ1v) is 4.22. The third kappa shape index (κ3) is 2.90. The summed E-state index contributed by atoms with van der Waals surface area (Å²) < 4.78 is 4.87. The molecule has 0 aliphatic rings. The average molecular weight is 169 g/mol. The SMILES string of the molecule is Cc1noc(NCCC(C)C)n1. The maximum atomic E-state index is 4.87. The summed E-state index contributed by atoms with van der Waals surface area (Å²) in [6.45, 7) is 7.05. The fourth-order valence-electron chi connectivity index (χ4n) is 0.837. The van der Waals surface area contributed by atoms with E-state index >= 15 is 0 Å². The van der Waals surface area contributed by atoms with Gasteiger partial charge in [0.2, 0.25) is 0 Å². The van der Waals surface area contributed by atoms with Crippen LogP contribution in [0.25, 0.3) is 0 Å². The van der Waals surface area contributed by atoms with E-state index in [-0.39, 0.29) is 0 Å². The molecule has 0 radical (unpaired) electrons. The van der Waals surface area contributed by atoms with Gasteiger partial charge >= 0.3 is 6.01 Å². The summed E-state index contributed by atoms with van der Waals surface area (Å²) in [4.78, 5) is 4.02. The molecule has 0 spiro atoms. The average Bonchev–Trinajstić information content (AvgIpc) is 2.35. The Morgan fingerprint density at radius 3 is 2.75 bits per heavy atom. The standard InChI is InChI=1S/C8H15N3O/c1-6(2)4-5-9-8-10-7(3)11-12-8/h6H,4-5H2,1-3H3,(H,9,10,11). The summed E-state index contributed by atoms with van der Waals surface area (Å²) in [6, 6.07) is 0.521. The molecule has 0 bridgehead atoms. The van der Waals surface area contributed by atoms with E-state index in [1.807, 2.05) is 0 Å². The van der Waals surface area contributed by atoms with Crippen LogP contribution in [0.15, 0.2) is 4.52 Å². The Kier molecular flexibility index (Phi) is 3.08. The second kappa shape index (κ2) is 4.09. The minimum absolute atomic E-state index is 0.521. The first kappa shape index (κ1) is 9.03. The second-order valence-electron chi connectivity index (χ2n) is 3.26. The molecule has 4 nitrogen and oxygen atoms in total. The van der Waals surface area contributed by atoms with Crippen molar-refractivity contribution in [2.75, 3.05) is 11.9 Å². The zero-order valence-electron chi connectivity index (χ0n) is 7.79. The minimum Gasteiger partial charge on any atom is -0.338 e. The van der Waals surface area contributed by atoms with E-state index in [9.17, 15) is 0 Å². The predicted molar refractivity (Wildman–Crippen MR) is 47.0 cm³/mol. The molecule has 1 aromatic heterocycles. The van der Waals surface area contributed by atoms with Crippen molar-refractivity contribution in [2.45, 2.75) is 27.2 Å². The van der Waals surface area contributed by atoms with Gasteiger partial charge < -0.3 is 9.84 Å². The zero-order chi connectivity index (χ0) is 8.97. The number of anilines is 1. The Labute approximate surface area is 72.4 Å². The number of hydrogen-bond acceptors (Lipinski definition) is 4. The third-order valence-corrected chi connectivity index (χ3v) is 1.53. The monoisotopic (exact) mass is 169 g/mol. The van der Waals surface area contributed by atoms with Crippen LogP contribution in [0.2, 0.25) is 0 Å². The highest BCUT2D eigenvalue weighted by molar-refractivity contribution is 5.17. The molecule has 0 fully saturated rings. The van der Waals surface area contributed by atoms with Gasteiger partial charge in [0.15, 0.2) is 5.82 Å². The van der Waals surface area contributed by atoms with Crippen LogP contribution in [0.4, 0.5) is 6.01 Å². The Hall–Kier alpha value is -1.06. The summed E-state index contributed by atoms with van der Waals surface area (Å²) in [5.41, 5.74) is 0. The molecule has 0 atom stereocenters. The van der Waals surface area contributed by atoms with Gasteiger partial charge in [0.1, 0.15) is 0 Å². The fourth-order valence-corrected chi connectivity index (χ4v) is 0.837. The molecule has 0 aliphatic heterocycles. The van der Waals surface area contributed by atoms with Gasteiger partial charge in [0.05, 0.1) is 0 Å². The van der Waals surface area contributed by atoms with Gasteiger partial charge in [-0.2, -0.15) is 4.98 Å². The maximum absolute atomic E-state index is 4.87. The number of nitrogens with one attached hydrogen (secondary N) is 1. The van der Waals surface area contributed by atoms with E-state index in [2.05, 4.69) is 29.3 Å². The Balaban J connectivity index is 2.24. The molecular formula is C8H15N3O. The lowest BCUT2D eigenvalue weighted by molar-refractivity contribution is 0.424. The van der Waals surface area contributed by atoms with E-state index in [4.69, 9.17) is 4.52 Å². The summed E-state index contributed by atoms with van der Waals surface area (Å²) >= 11 is 0. The molecule has 0 saturated carbocycles. The molecule has 0 amide bonds. The number of aryl methyl sites for hydroxylation is 1. The smallest absolute Gasteiger partial charge is 0.321 e. The molecular weight excluding hydrogens is 154 g/mol. The van der Waals surface area contributed by atoms with Crippen LogP contribution >= 0.6 is 0 Å². The van der Waals surface area contributed by atoms with Crippen molar-refractivity contribution in [1.82, 2.24) is 10.1 Å². The number of aromatic nitrogens is 2. The highest BCUT2D eigenvalue weighted by Crippen LogP contribution is 2.04. The lowest BCUT2D eigenvalue weighted by Crippen LogP contribution is -2.04. The minimum atomic E-state index is 0.521. The lowest BCUT2D eigenvalue weighted by Gasteiger charge is -2.02. The van der Waals surface area contributed by atoms with Crippen molar-refractivity contribution in [3.05, 3.63) is 5.82 Å². The summed E-state index contributed by atoms with van der Waals surface area (Å²) in [6.07, 6.45) is 1.11. The van der Waals surface area contributed by atoms with E-state index in [1.54, 1.807) is 6.92 Å². The molecule has 1 N–H and O–H groups in total. The van der Waals surface area contributed by atoms with Crippen LogP contribution in [-0.2, 0) is 0 Å². The molecule has 12 heavy (non-hydrogen) atoms. The Morgan fingerprint density at radius 1 is 1.50 bits per heavy atom. The quantitative estimate of drug-likeness (QED) is 0.747. The van der Waals surface area contributed by atoms with Crippen LogP contribution in [-0.4, -0.2) is 16.7 Å². The molecule has 4 heteroatoms. The predicted octanol–water partition coefficient (Wildman–Crippen LogP) is 1.84. The Bertz CT molecular complexity index is 232. The lowest BCUT2D eigenvalue weighted by atomic mass is 10.1. The summed E-state index contributed by atoms with van der Waals surface area (Å²) in [7, 11) is 0. The first-order chi connectivity index (χ1) is 5.68. The second-order valence-corrected chi connectivity index (χ2v) is 3.26. The van der Waals surface area contributed by atoms with Crippen LogP contribution in [0.1, 0.15) is 26.1 Å². The fraction of sp³-hybridized carbons (Fsp3) is 0.750. The Morgan fingerprint density at radius 2 is 2.25 bits per heavy atom. The summed E-state index contributed by atoms with van der Waals surface area (Å²) in [5, 5.41) is 6.72. The molecule has 1 heterocycles. The number of hydrogen-bond donors (Lipinski definition) is 1. The molecule has 0 aromatic carbocycles. The van der Waals surface area contributed by atoms with E-state index < -0.39 is 0 Å². The van der Waals surface area contributed by atoms with Crippen molar-refractivity contribution >= 4 is 6.01 Å². The third-order valence-electron chi connectivity index (χ3n) is 1.53. The first-order valence-electron chi connectivity index (χ1n) is 4.22. The highest BCUT2D eigenvalue weighted by Gasteiger charge is 2.00. The van der Waals surface area contributed by atoms with Crippen molar-refractivity contribution in [3.8, 4) is 0 Å². The van der Waals surface area contributed by atoms with Gasteiger partial charge in [-0.1, -0.05) is 19.0 Å². The normalized spacial score (nSPS) is 10.7. The van der Waals surface area contributed by atoms with Gasteiger partial charge in [-0.25, -0.2) is 0 Å². The zero-order valence-corrected chi connectivity index (χ0v) is 7.79. The van der Waals surface area contributed by atoms with Gasteiger partial charge in [-0.05, 0) is 19.3 Å². The van der Waals surface area contributed by atoms with Crippen molar-refractivity contribution in [2.24, 2.45) is 5.92 Å². The number of nitrogens with zero attached hydrogens (tertiary/aromatic N) is 2. The van der Waals surface area contributed by atoms with Crippen LogP contribution in [0, 0.1) is 12.8 Å². The maximum Gasteiger partial charge on any atom is 0.321 e. The van der Waals surface area contributed by atoms with Gasteiger partial charge in [-0.15, -0.1) is 0 Å². The molecule has 1 aromatic rings. The molecule has 1 rings (SSSR count). The highest BCUT2D eigenvalue weighted by atomic mass is 16.5. The van der Waals surface area contributed by atoms with Gasteiger partial charge in [-0.3, -0.25) is 0 Å². The van der Waals surface area contributed by atoms with Gasteiger partial charge in [0, 0.05) is 6.54 Å². The number of rotatable bonds is 4. The van der Waals surface area contributed by atoms with Crippen molar-refractivity contribution in [3.63, 3.8) is 0 Å². The molecule has 0 unspecified atom stereocenters. The van der Waals surface area contributed by atoms with Crippen molar-refractivity contribution in [1.29, 1.82) is 0 Å². The summed E-state index contributed by atoms with van der Waals surface area (Å²) in [5.74, 6) is 1.36. The molecule has 68 valence electrons. The van der Waals surface area contributed by atoms with Crippen molar-refractivity contribution < 1.29 is 4.52 Å². The van der Waals surface area contributed by atoms with E-state index in [0.29, 0.717) is 17.8 Å². The molecule has 0 aliphatic carbocycles. The van der Waals surface area contributed by atoms with E-state index in [1.165, 1.54) is 0 Å². The van der Waals surface area contributed by atoms with Crippen LogP contribution in [0.3, 0.4) is 0 Å². The topological polar surface area (TPSA) is 51.0 Å². The van der Waals surface area contributed by atoms with Gasteiger partial charge in [0.25, 0.3) is 0 Å². The molecule has 0 saturated heterocycles. The van der Waals surface area contributed by atoms with Crippen LogP contribution < -0.4 is 5.32 Å². The van der Waals surface area contributed by atoms with E-state index in [0.717, 1.165) is 13.0 Å². The van der Waals surface area contributed by atoms with Crippen LogP contribution in [0.5, 0.6) is 0 Å².